The number of hydrazone groups is 1. The van der Waals surface area contributed by atoms with Crippen molar-refractivity contribution in [2.75, 3.05) is 14.1 Å². The smallest absolute Gasteiger partial charge is 0.288 e. The van der Waals surface area contributed by atoms with Gasteiger partial charge in [-0.15, -0.1) is 0 Å². The van der Waals surface area contributed by atoms with Crippen LogP contribution in [0.2, 0.25) is 0 Å². The van der Waals surface area contributed by atoms with Gasteiger partial charge < -0.3 is 21.9 Å². The van der Waals surface area contributed by atoms with Gasteiger partial charge in [0.25, 0.3) is 5.91 Å². The summed E-state index contributed by atoms with van der Waals surface area (Å²) in [5.41, 5.74) is 11.6. The van der Waals surface area contributed by atoms with E-state index in [1.165, 1.54) is 4.90 Å². The number of carbonyl (C=O) groups is 1. The molecular formula is C22H31N9O. The number of hydrogen-bond donors (Lipinski definition) is 4. The number of rotatable bonds is 7. The van der Waals surface area contributed by atoms with Gasteiger partial charge in [-0.1, -0.05) is 43.7 Å². The second-order valence-corrected chi connectivity index (χ2v) is 7.25. The normalized spacial score (nSPS) is 12.6. The molecule has 7 N–H and O–H groups in total. The van der Waals surface area contributed by atoms with Crippen LogP contribution in [0.4, 0.5) is 0 Å². The Labute approximate surface area is 188 Å². The Morgan fingerprint density at radius 3 is 2.53 bits per heavy atom. The van der Waals surface area contributed by atoms with Crippen molar-refractivity contribution in [1.29, 1.82) is 0 Å². The predicted molar refractivity (Wildman–Crippen MR) is 129 cm³/mol. The topological polar surface area (TPSA) is 160 Å². The summed E-state index contributed by atoms with van der Waals surface area (Å²) in [7, 11) is 3.26. The van der Waals surface area contributed by atoms with E-state index in [-0.39, 0.29) is 11.7 Å². The Hall–Kier alpha value is -3.79. The summed E-state index contributed by atoms with van der Waals surface area (Å²) >= 11 is 0. The zero-order valence-corrected chi connectivity index (χ0v) is 18.7. The lowest BCUT2D eigenvalue weighted by Gasteiger charge is -2.11. The third-order valence-corrected chi connectivity index (χ3v) is 4.62. The molecule has 0 aliphatic carbocycles. The monoisotopic (exact) mass is 437 g/mol. The van der Waals surface area contributed by atoms with Crippen molar-refractivity contribution >= 4 is 23.4 Å². The fourth-order valence-corrected chi connectivity index (χ4v) is 2.88. The van der Waals surface area contributed by atoms with Crippen molar-refractivity contribution in [1.82, 2.24) is 15.3 Å². The molecule has 0 aliphatic rings. The summed E-state index contributed by atoms with van der Waals surface area (Å²) < 4.78 is 0. The average molecular weight is 438 g/mol. The van der Waals surface area contributed by atoms with Crippen LogP contribution >= 0.6 is 0 Å². The van der Waals surface area contributed by atoms with Crippen molar-refractivity contribution in [3.05, 3.63) is 53.7 Å². The van der Waals surface area contributed by atoms with E-state index in [1.807, 2.05) is 36.4 Å². The van der Waals surface area contributed by atoms with Gasteiger partial charge in [-0.25, -0.2) is 10.8 Å². The molecule has 0 saturated heterocycles. The van der Waals surface area contributed by atoms with Gasteiger partial charge in [0.1, 0.15) is 5.84 Å². The third-order valence-electron chi connectivity index (χ3n) is 4.62. The van der Waals surface area contributed by atoms with Gasteiger partial charge in [-0.05, 0) is 18.1 Å². The summed E-state index contributed by atoms with van der Waals surface area (Å²) in [5, 5.41) is 3.69. The molecule has 2 aromatic rings. The molecule has 1 amide bonds. The first-order valence-electron chi connectivity index (χ1n) is 10.3. The second-order valence-electron chi connectivity index (χ2n) is 7.25. The molecular weight excluding hydrogens is 406 g/mol. The number of nitrogens with zero attached hydrogens (tertiary/aromatic N) is 5. The predicted octanol–water partition coefficient (Wildman–Crippen LogP) is 1.37. The van der Waals surface area contributed by atoms with E-state index in [0.717, 1.165) is 35.2 Å². The van der Waals surface area contributed by atoms with E-state index >= 15 is 0 Å². The maximum Gasteiger partial charge on any atom is 0.288 e. The second kappa shape index (κ2) is 12.2. The van der Waals surface area contributed by atoms with Crippen LogP contribution in [0.15, 0.2) is 57.7 Å². The van der Waals surface area contributed by atoms with Crippen molar-refractivity contribution in [3.8, 4) is 11.3 Å². The SMILES string of the molecule is CCCCC(=NCc1ccc(-c2ccccc2/C(=N/N)NN)nc1)N=C(N)C(=O)N(C)C. The van der Waals surface area contributed by atoms with Crippen LogP contribution in [0, 0.1) is 0 Å². The van der Waals surface area contributed by atoms with E-state index in [9.17, 15) is 4.79 Å². The minimum absolute atomic E-state index is 0.0687. The molecule has 170 valence electrons. The fourth-order valence-electron chi connectivity index (χ4n) is 2.88. The molecule has 0 aliphatic heterocycles. The van der Waals surface area contributed by atoms with Gasteiger partial charge in [-0.3, -0.25) is 14.8 Å². The molecule has 0 saturated carbocycles. The summed E-state index contributed by atoms with van der Waals surface area (Å²) in [6.45, 7) is 2.46. The van der Waals surface area contributed by atoms with Gasteiger partial charge in [0.15, 0.2) is 11.7 Å². The third kappa shape index (κ3) is 6.61. The lowest BCUT2D eigenvalue weighted by molar-refractivity contribution is -0.121. The highest BCUT2D eigenvalue weighted by Crippen LogP contribution is 2.22. The highest BCUT2D eigenvalue weighted by Gasteiger charge is 2.12. The molecule has 0 fully saturated rings. The molecule has 0 spiro atoms. The largest absolute Gasteiger partial charge is 0.379 e. The van der Waals surface area contributed by atoms with Crippen LogP contribution in [0.3, 0.4) is 0 Å². The van der Waals surface area contributed by atoms with Crippen molar-refractivity contribution in [2.45, 2.75) is 32.7 Å². The number of nitrogens with two attached hydrogens (primary N) is 3. The summed E-state index contributed by atoms with van der Waals surface area (Å²) in [4.78, 5) is 26.8. The maximum absolute atomic E-state index is 12.0. The maximum atomic E-state index is 12.0. The number of pyridine rings is 1. The van der Waals surface area contributed by atoms with Gasteiger partial charge in [0.2, 0.25) is 0 Å². The van der Waals surface area contributed by atoms with Gasteiger partial charge >= 0.3 is 0 Å². The number of carbonyl (C=O) groups excluding carboxylic acids is 1. The highest BCUT2D eigenvalue weighted by atomic mass is 16.2. The molecule has 10 nitrogen and oxygen atoms in total. The lowest BCUT2D eigenvalue weighted by Crippen LogP contribution is -2.36. The van der Waals surface area contributed by atoms with Gasteiger partial charge in [0, 0.05) is 37.8 Å². The molecule has 1 heterocycles. The Morgan fingerprint density at radius 1 is 1.19 bits per heavy atom. The number of amides is 1. The molecule has 0 atom stereocenters. The van der Waals surface area contributed by atoms with Crippen LogP contribution in [0.25, 0.3) is 11.3 Å². The molecule has 0 bridgehead atoms. The summed E-state index contributed by atoms with van der Waals surface area (Å²) in [5.74, 6) is 11.4. The minimum Gasteiger partial charge on any atom is -0.379 e. The number of hydrogen-bond acceptors (Lipinski definition) is 6. The fraction of sp³-hybridized carbons (Fsp3) is 0.318. The number of hydrazine groups is 1. The first-order valence-corrected chi connectivity index (χ1v) is 10.3. The molecule has 0 radical (unpaired) electrons. The Kier molecular flexibility index (Phi) is 9.30. The highest BCUT2D eigenvalue weighted by molar-refractivity contribution is 6.38. The zero-order valence-electron chi connectivity index (χ0n) is 18.7. The number of aliphatic imine (C=N–C) groups is 2. The van der Waals surface area contributed by atoms with Crippen LogP contribution < -0.4 is 22.8 Å². The van der Waals surface area contributed by atoms with Crippen LogP contribution in [-0.4, -0.2) is 47.4 Å². The first-order chi connectivity index (χ1) is 15.4. The van der Waals surface area contributed by atoms with Gasteiger partial charge in [0.05, 0.1) is 12.2 Å². The van der Waals surface area contributed by atoms with E-state index in [2.05, 4.69) is 32.4 Å². The Balaban J connectivity index is 2.25. The quantitative estimate of drug-likeness (QED) is 0.221. The molecule has 0 unspecified atom stereocenters. The first kappa shape index (κ1) is 24.5. The van der Waals surface area contributed by atoms with Gasteiger partial charge in [-0.2, -0.15) is 5.10 Å². The lowest BCUT2D eigenvalue weighted by atomic mass is 10.0. The average Bonchev–Trinajstić information content (AvgIpc) is 2.81. The van der Waals surface area contributed by atoms with Crippen LogP contribution in [0.1, 0.15) is 37.3 Å². The molecule has 2 rings (SSSR count). The number of unbranched alkanes of at least 4 members (excludes halogenated alkanes) is 1. The molecule has 10 heteroatoms. The summed E-state index contributed by atoms with van der Waals surface area (Å²) in [6.07, 6.45) is 4.28. The van der Waals surface area contributed by atoms with E-state index in [1.54, 1.807) is 20.3 Å². The number of likely N-dealkylation sites (N-methyl/N-ethyl adjacent to an activating group) is 1. The van der Waals surface area contributed by atoms with E-state index in [4.69, 9.17) is 17.4 Å². The molecule has 1 aromatic carbocycles. The Morgan fingerprint density at radius 2 is 1.94 bits per heavy atom. The summed E-state index contributed by atoms with van der Waals surface area (Å²) in [6, 6.07) is 11.4. The van der Waals surface area contributed by atoms with E-state index in [0.29, 0.717) is 24.6 Å². The van der Waals surface area contributed by atoms with Crippen molar-refractivity contribution in [3.63, 3.8) is 0 Å². The molecule has 32 heavy (non-hydrogen) atoms. The number of amidine groups is 3. The zero-order chi connectivity index (χ0) is 23.5. The number of benzene rings is 1. The Bertz CT molecular complexity index is 995. The number of nitrogens with one attached hydrogen (secondary N) is 1. The van der Waals surface area contributed by atoms with Crippen molar-refractivity contribution < 1.29 is 4.79 Å². The standard InChI is InChI=1S/C22H31N9O/c1-4-5-10-19(28-20(23)22(32)31(2)3)27-14-15-11-12-18(26-13-15)16-8-6-7-9-17(16)21(29-24)30-25/h6-9,11-13H,4-5,10,14,24-25H2,1-3H3,(H,29,30)(H2,23,27,28). The molecule has 1 aromatic heterocycles. The minimum atomic E-state index is -0.341. The van der Waals surface area contributed by atoms with Crippen molar-refractivity contribution in [2.24, 2.45) is 32.5 Å². The van der Waals surface area contributed by atoms with E-state index < -0.39 is 0 Å². The number of aromatic nitrogens is 1. The van der Waals surface area contributed by atoms with Crippen LogP contribution in [0.5, 0.6) is 0 Å². The van der Waals surface area contributed by atoms with Crippen LogP contribution in [-0.2, 0) is 11.3 Å².